The van der Waals surface area contributed by atoms with Gasteiger partial charge in [-0.25, -0.2) is 0 Å². The van der Waals surface area contributed by atoms with E-state index in [0.717, 1.165) is 25.7 Å². The van der Waals surface area contributed by atoms with Crippen LogP contribution in [0.5, 0.6) is 5.75 Å². The van der Waals surface area contributed by atoms with Crippen molar-refractivity contribution in [2.45, 2.75) is 38.1 Å². The highest BCUT2D eigenvalue weighted by Crippen LogP contribution is 2.23. The molecule has 0 unspecified atom stereocenters. The lowest BCUT2D eigenvalue weighted by atomic mass is 9.95. The lowest BCUT2D eigenvalue weighted by Crippen LogP contribution is -2.42. The van der Waals surface area contributed by atoms with Gasteiger partial charge in [0.1, 0.15) is 5.75 Å². The van der Waals surface area contributed by atoms with Gasteiger partial charge in [0.25, 0.3) is 0 Å². The van der Waals surface area contributed by atoms with Crippen molar-refractivity contribution in [3.05, 3.63) is 24.3 Å². The molecule has 0 bridgehead atoms. The van der Waals surface area contributed by atoms with Crippen LogP contribution in [0.15, 0.2) is 24.3 Å². The van der Waals surface area contributed by atoms with Gasteiger partial charge >= 0.3 is 11.8 Å². The number of carbonyl (C=O) groups excluding carboxylic acids is 2. The van der Waals surface area contributed by atoms with Crippen molar-refractivity contribution in [3.63, 3.8) is 0 Å². The Hall–Kier alpha value is -2.04. The highest BCUT2D eigenvalue weighted by molar-refractivity contribution is 6.39. The fourth-order valence-electron chi connectivity index (χ4n) is 2.42. The first kappa shape index (κ1) is 14.4. The molecule has 1 aromatic carbocycles. The summed E-state index contributed by atoms with van der Waals surface area (Å²) in [5, 5.41) is 5.36. The molecule has 0 atom stereocenters. The molecule has 108 valence electrons. The largest absolute Gasteiger partial charge is 0.495 e. The van der Waals surface area contributed by atoms with Gasteiger partial charge in [0.2, 0.25) is 0 Å². The van der Waals surface area contributed by atoms with Crippen LogP contribution in [0.3, 0.4) is 0 Å². The van der Waals surface area contributed by atoms with E-state index in [1.807, 2.05) is 0 Å². The van der Waals surface area contributed by atoms with E-state index in [4.69, 9.17) is 4.74 Å². The van der Waals surface area contributed by atoms with E-state index in [1.165, 1.54) is 13.5 Å². The number of ether oxygens (including phenoxy) is 1. The summed E-state index contributed by atoms with van der Waals surface area (Å²) >= 11 is 0. The Morgan fingerprint density at radius 1 is 1.10 bits per heavy atom. The maximum atomic E-state index is 11.9. The molecule has 0 saturated heterocycles. The van der Waals surface area contributed by atoms with Crippen LogP contribution in [0.25, 0.3) is 0 Å². The second-order valence-corrected chi connectivity index (χ2v) is 4.96. The van der Waals surface area contributed by atoms with Gasteiger partial charge in [0.05, 0.1) is 12.8 Å². The molecule has 2 amide bonds. The number of rotatable bonds is 3. The molecule has 0 spiro atoms. The second-order valence-electron chi connectivity index (χ2n) is 4.96. The predicted molar refractivity (Wildman–Crippen MR) is 76.6 cm³/mol. The minimum Gasteiger partial charge on any atom is -0.495 e. The van der Waals surface area contributed by atoms with E-state index in [1.54, 1.807) is 24.3 Å². The lowest BCUT2D eigenvalue weighted by molar-refractivity contribution is -0.136. The second kappa shape index (κ2) is 6.93. The molecule has 0 radical (unpaired) electrons. The number of hydrogen-bond acceptors (Lipinski definition) is 3. The van der Waals surface area contributed by atoms with E-state index in [9.17, 15) is 9.59 Å². The Morgan fingerprint density at radius 2 is 1.80 bits per heavy atom. The number of hydrogen-bond donors (Lipinski definition) is 2. The van der Waals surface area contributed by atoms with Crippen molar-refractivity contribution < 1.29 is 14.3 Å². The summed E-state index contributed by atoms with van der Waals surface area (Å²) in [4.78, 5) is 23.7. The summed E-state index contributed by atoms with van der Waals surface area (Å²) in [7, 11) is 1.52. The summed E-state index contributed by atoms with van der Waals surface area (Å²) in [5.74, 6) is -0.700. The molecule has 2 rings (SSSR count). The Balaban J connectivity index is 1.91. The van der Waals surface area contributed by atoms with Crippen molar-refractivity contribution in [2.75, 3.05) is 12.4 Å². The highest BCUT2D eigenvalue weighted by atomic mass is 16.5. The molecule has 20 heavy (non-hydrogen) atoms. The summed E-state index contributed by atoms with van der Waals surface area (Å²) in [6.07, 6.45) is 5.33. The third kappa shape index (κ3) is 3.73. The number of carbonyl (C=O) groups is 2. The number of para-hydroxylation sites is 2. The van der Waals surface area contributed by atoms with Crippen molar-refractivity contribution in [3.8, 4) is 5.75 Å². The summed E-state index contributed by atoms with van der Waals surface area (Å²) in [6.45, 7) is 0. The Bertz CT molecular complexity index is 482. The van der Waals surface area contributed by atoms with E-state index in [2.05, 4.69) is 10.6 Å². The van der Waals surface area contributed by atoms with Gasteiger partial charge in [0, 0.05) is 6.04 Å². The van der Waals surface area contributed by atoms with Crippen LogP contribution in [0.4, 0.5) is 5.69 Å². The molecule has 0 heterocycles. The highest BCUT2D eigenvalue weighted by Gasteiger charge is 2.21. The summed E-state index contributed by atoms with van der Waals surface area (Å²) < 4.78 is 5.13. The van der Waals surface area contributed by atoms with E-state index in [0.29, 0.717) is 11.4 Å². The van der Waals surface area contributed by atoms with Crippen LogP contribution < -0.4 is 15.4 Å². The molecule has 5 nitrogen and oxygen atoms in total. The average molecular weight is 276 g/mol. The van der Waals surface area contributed by atoms with E-state index in [-0.39, 0.29) is 6.04 Å². The summed E-state index contributed by atoms with van der Waals surface area (Å²) in [6, 6.07) is 7.13. The van der Waals surface area contributed by atoms with Crippen LogP contribution in [0.2, 0.25) is 0 Å². The monoisotopic (exact) mass is 276 g/mol. The zero-order valence-electron chi connectivity index (χ0n) is 11.6. The standard InChI is InChI=1S/C15H20N2O3/c1-20-13-10-6-5-9-12(13)17-15(19)14(18)16-11-7-3-2-4-8-11/h5-6,9-11H,2-4,7-8H2,1H3,(H,16,18)(H,17,19). The van der Waals surface area contributed by atoms with Gasteiger partial charge in [-0.1, -0.05) is 31.4 Å². The zero-order chi connectivity index (χ0) is 14.4. The van der Waals surface area contributed by atoms with Crippen molar-refractivity contribution in [1.29, 1.82) is 0 Å². The normalized spacial score (nSPS) is 15.4. The smallest absolute Gasteiger partial charge is 0.313 e. The number of methoxy groups -OCH3 is 1. The Labute approximate surface area is 118 Å². The maximum Gasteiger partial charge on any atom is 0.313 e. The number of anilines is 1. The first-order valence-corrected chi connectivity index (χ1v) is 6.95. The van der Waals surface area contributed by atoms with Crippen LogP contribution in [0.1, 0.15) is 32.1 Å². The molecule has 2 N–H and O–H groups in total. The summed E-state index contributed by atoms with van der Waals surface area (Å²) in [5.41, 5.74) is 0.499. The lowest BCUT2D eigenvalue weighted by Gasteiger charge is -2.22. The van der Waals surface area contributed by atoms with Crippen LogP contribution >= 0.6 is 0 Å². The number of nitrogens with one attached hydrogen (secondary N) is 2. The third-order valence-corrected chi connectivity index (χ3v) is 3.50. The van der Waals surface area contributed by atoms with Crippen LogP contribution in [-0.2, 0) is 9.59 Å². The zero-order valence-corrected chi connectivity index (χ0v) is 11.6. The molecular weight excluding hydrogens is 256 g/mol. The van der Waals surface area contributed by atoms with Gasteiger partial charge in [-0.15, -0.1) is 0 Å². The molecule has 0 aliphatic heterocycles. The first-order valence-electron chi connectivity index (χ1n) is 6.95. The molecular formula is C15H20N2O3. The van der Waals surface area contributed by atoms with E-state index >= 15 is 0 Å². The molecule has 1 aromatic rings. The SMILES string of the molecule is COc1ccccc1NC(=O)C(=O)NC1CCCCC1. The molecule has 1 aliphatic rings. The topological polar surface area (TPSA) is 67.4 Å². The quantitative estimate of drug-likeness (QED) is 0.831. The van der Waals surface area contributed by atoms with Gasteiger partial charge < -0.3 is 15.4 Å². The minimum atomic E-state index is -0.653. The van der Waals surface area contributed by atoms with Crippen LogP contribution in [0, 0.1) is 0 Å². The van der Waals surface area contributed by atoms with Crippen molar-refractivity contribution in [2.24, 2.45) is 0 Å². The maximum absolute atomic E-state index is 11.9. The van der Waals surface area contributed by atoms with Gasteiger partial charge in [-0.3, -0.25) is 9.59 Å². The van der Waals surface area contributed by atoms with Gasteiger partial charge in [-0.05, 0) is 25.0 Å². The Morgan fingerprint density at radius 3 is 2.50 bits per heavy atom. The number of benzene rings is 1. The fraction of sp³-hybridized carbons (Fsp3) is 0.467. The third-order valence-electron chi connectivity index (χ3n) is 3.50. The molecule has 5 heteroatoms. The molecule has 1 aliphatic carbocycles. The van der Waals surface area contributed by atoms with Crippen LogP contribution in [-0.4, -0.2) is 25.0 Å². The average Bonchev–Trinajstić information content (AvgIpc) is 2.48. The fourth-order valence-corrected chi connectivity index (χ4v) is 2.42. The minimum absolute atomic E-state index is 0.125. The van der Waals surface area contributed by atoms with Crippen molar-refractivity contribution in [1.82, 2.24) is 5.32 Å². The number of amides is 2. The van der Waals surface area contributed by atoms with Gasteiger partial charge in [-0.2, -0.15) is 0 Å². The molecule has 0 aromatic heterocycles. The van der Waals surface area contributed by atoms with Crippen molar-refractivity contribution >= 4 is 17.5 Å². The van der Waals surface area contributed by atoms with Gasteiger partial charge in [0.15, 0.2) is 0 Å². The van der Waals surface area contributed by atoms with E-state index < -0.39 is 11.8 Å². The molecule has 1 fully saturated rings. The Kier molecular flexibility index (Phi) is 4.98. The molecule has 1 saturated carbocycles. The first-order chi connectivity index (χ1) is 9.70. The predicted octanol–water partition coefficient (Wildman–Crippen LogP) is 2.08.